The maximum absolute atomic E-state index is 8.67. The van der Waals surface area contributed by atoms with E-state index >= 15 is 0 Å². The molecule has 1 N–H and O–H groups in total. The second-order valence-corrected chi connectivity index (χ2v) is 5.77. The molecule has 0 aliphatic rings. The molecule has 0 radical (unpaired) electrons. The molecule has 98 valence electrons. The molecule has 2 rings (SSSR count). The van der Waals surface area contributed by atoms with Crippen LogP contribution in [0.2, 0.25) is 0 Å². The Kier molecular flexibility index (Phi) is 4.71. The minimum Gasteiger partial charge on any atom is -0.365 e. The van der Waals surface area contributed by atoms with Crippen molar-refractivity contribution in [2.24, 2.45) is 0 Å². The van der Waals surface area contributed by atoms with Gasteiger partial charge in [-0.15, -0.1) is 11.3 Å². The van der Waals surface area contributed by atoms with Crippen LogP contribution in [0.3, 0.4) is 0 Å². The van der Waals surface area contributed by atoms with Gasteiger partial charge in [0.1, 0.15) is 24.5 Å². The Morgan fingerprint density at radius 1 is 1.47 bits per heavy atom. The summed E-state index contributed by atoms with van der Waals surface area (Å²) in [5, 5.41) is 14.0. The molecule has 2 heterocycles. The van der Waals surface area contributed by atoms with Gasteiger partial charge in [-0.3, -0.25) is 0 Å². The smallest absolute Gasteiger partial charge is 0.134 e. The van der Waals surface area contributed by atoms with E-state index in [1.807, 2.05) is 18.5 Å². The Balaban J connectivity index is 2.01. The van der Waals surface area contributed by atoms with Crippen molar-refractivity contribution in [3.05, 3.63) is 33.2 Å². The van der Waals surface area contributed by atoms with Gasteiger partial charge >= 0.3 is 0 Å². The predicted octanol–water partition coefficient (Wildman–Crippen LogP) is 2.87. The van der Waals surface area contributed by atoms with Crippen LogP contribution < -0.4 is 10.2 Å². The lowest BCUT2D eigenvalue weighted by Crippen LogP contribution is -2.18. The molecule has 0 atom stereocenters. The fourth-order valence-corrected chi connectivity index (χ4v) is 2.85. The molecule has 0 aliphatic carbocycles. The van der Waals surface area contributed by atoms with Gasteiger partial charge in [0, 0.05) is 27.8 Å². The molecule has 2 aromatic heterocycles. The molecule has 0 saturated heterocycles. The second-order valence-electron chi connectivity index (χ2n) is 3.86. The average molecular weight is 338 g/mol. The van der Waals surface area contributed by atoms with Gasteiger partial charge in [-0.1, -0.05) is 0 Å². The van der Waals surface area contributed by atoms with Crippen LogP contribution in [0.5, 0.6) is 0 Å². The first-order valence-electron chi connectivity index (χ1n) is 5.56. The molecule has 0 amide bonds. The van der Waals surface area contributed by atoms with Crippen LogP contribution in [-0.4, -0.2) is 23.6 Å². The highest BCUT2D eigenvalue weighted by Gasteiger charge is 2.04. The number of nitriles is 1. The fraction of sp³-hybridized carbons (Fsp3) is 0.250. The van der Waals surface area contributed by atoms with Crippen LogP contribution in [0.1, 0.15) is 4.88 Å². The Morgan fingerprint density at radius 3 is 3.00 bits per heavy atom. The lowest BCUT2D eigenvalue weighted by Gasteiger charge is -2.14. The lowest BCUT2D eigenvalue weighted by atomic mass is 10.4. The molecule has 2 aromatic rings. The molecule has 0 aliphatic heterocycles. The van der Waals surface area contributed by atoms with E-state index in [-0.39, 0.29) is 0 Å². The minimum absolute atomic E-state index is 0.300. The van der Waals surface area contributed by atoms with Gasteiger partial charge in [-0.25, -0.2) is 9.97 Å². The number of anilines is 2. The van der Waals surface area contributed by atoms with E-state index in [0.717, 1.165) is 16.1 Å². The first-order chi connectivity index (χ1) is 9.19. The summed E-state index contributed by atoms with van der Waals surface area (Å²) < 4.78 is 1.09. The number of halogens is 1. The molecule has 19 heavy (non-hydrogen) atoms. The SMILES string of the molecule is CN(CC#N)c1cc(NCc2cc(Br)cs2)ncn1. The minimum atomic E-state index is 0.300. The van der Waals surface area contributed by atoms with Gasteiger partial charge in [0.2, 0.25) is 0 Å². The van der Waals surface area contributed by atoms with E-state index in [2.05, 4.69) is 43.4 Å². The van der Waals surface area contributed by atoms with Crippen molar-refractivity contribution in [1.82, 2.24) is 9.97 Å². The zero-order valence-corrected chi connectivity index (χ0v) is 12.7. The first-order valence-corrected chi connectivity index (χ1v) is 7.23. The zero-order valence-electron chi connectivity index (χ0n) is 10.3. The first kappa shape index (κ1) is 13.8. The van der Waals surface area contributed by atoms with Gasteiger partial charge in [0.15, 0.2) is 0 Å². The number of rotatable bonds is 5. The van der Waals surface area contributed by atoms with Gasteiger partial charge in [-0.2, -0.15) is 5.26 Å². The summed E-state index contributed by atoms with van der Waals surface area (Å²) in [6.07, 6.45) is 1.50. The zero-order chi connectivity index (χ0) is 13.7. The third-order valence-electron chi connectivity index (χ3n) is 2.42. The Hall–Kier alpha value is -1.65. The summed E-state index contributed by atoms with van der Waals surface area (Å²) in [4.78, 5) is 11.3. The van der Waals surface area contributed by atoms with E-state index in [0.29, 0.717) is 13.1 Å². The fourth-order valence-electron chi connectivity index (χ4n) is 1.46. The normalized spacial score (nSPS) is 9.95. The van der Waals surface area contributed by atoms with Gasteiger partial charge < -0.3 is 10.2 Å². The van der Waals surface area contributed by atoms with Crippen LogP contribution in [0.25, 0.3) is 0 Å². The Bertz CT molecular complexity index is 592. The van der Waals surface area contributed by atoms with E-state index < -0.39 is 0 Å². The highest BCUT2D eigenvalue weighted by atomic mass is 79.9. The van der Waals surface area contributed by atoms with Gasteiger partial charge in [-0.05, 0) is 22.0 Å². The van der Waals surface area contributed by atoms with E-state index in [1.54, 1.807) is 16.2 Å². The summed E-state index contributed by atoms with van der Waals surface area (Å²) in [5.74, 6) is 1.48. The molecular weight excluding hydrogens is 326 g/mol. The number of aromatic nitrogens is 2. The Labute approximate surface area is 124 Å². The quantitative estimate of drug-likeness (QED) is 0.850. The average Bonchev–Trinajstić information content (AvgIpc) is 2.83. The van der Waals surface area contributed by atoms with Crippen molar-refractivity contribution in [2.75, 3.05) is 23.8 Å². The molecule has 0 fully saturated rings. The van der Waals surface area contributed by atoms with E-state index in [1.165, 1.54) is 11.2 Å². The van der Waals surface area contributed by atoms with Crippen molar-refractivity contribution < 1.29 is 0 Å². The van der Waals surface area contributed by atoms with E-state index in [4.69, 9.17) is 5.26 Å². The van der Waals surface area contributed by atoms with Crippen molar-refractivity contribution >= 4 is 38.9 Å². The highest BCUT2D eigenvalue weighted by Crippen LogP contribution is 2.21. The molecular formula is C12H12BrN5S. The monoisotopic (exact) mass is 337 g/mol. The van der Waals surface area contributed by atoms with Gasteiger partial charge in [0.05, 0.1) is 12.6 Å². The molecule has 0 aromatic carbocycles. The third kappa shape index (κ3) is 3.91. The topological polar surface area (TPSA) is 64.8 Å². The summed E-state index contributed by atoms with van der Waals surface area (Å²) in [7, 11) is 1.83. The predicted molar refractivity (Wildman–Crippen MR) is 80.3 cm³/mol. The van der Waals surface area contributed by atoms with Crippen molar-refractivity contribution in [1.29, 1.82) is 5.26 Å². The molecule has 0 saturated carbocycles. The van der Waals surface area contributed by atoms with Crippen LogP contribution in [0, 0.1) is 11.3 Å². The molecule has 0 unspecified atom stereocenters. The van der Waals surface area contributed by atoms with E-state index in [9.17, 15) is 0 Å². The maximum Gasteiger partial charge on any atom is 0.134 e. The van der Waals surface area contributed by atoms with Crippen LogP contribution in [-0.2, 0) is 6.54 Å². The number of thiophene rings is 1. The summed E-state index contributed by atoms with van der Waals surface area (Å²) in [6, 6.07) is 5.99. The van der Waals surface area contributed by atoms with Crippen LogP contribution in [0.4, 0.5) is 11.6 Å². The van der Waals surface area contributed by atoms with Crippen molar-refractivity contribution in [2.45, 2.75) is 6.54 Å². The van der Waals surface area contributed by atoms with Crippen molar-refractivity contribution in [3.8, 4) is 6.07 Å². The van der Waals surface area contributed by atoms with Gasteiger partial charge in [0.25, 0.3) is 0 Å². The Morgan fingerprint density at radius 2 is 2.32 bits per heavy atom. The number of nitrogens with zero attached hydrogens (tertiary/aromatic N) is 4. The van der Waals surface area contributed by atoms with Crippen LogP contribution in [0.15, 0.2) is 28.3 Å². The number of nitrogens with one attached hydrogen (secondary N) is 1. The summed E-state index contributed by atoms with van der Waals surface area (Å²) in [5.41, 5.74) is 0. The number of hydrogen-bond acceptors (Lipinski definition) is 6. The molecule has 5 nitrogen and oxygen atoms in total. The third-order valence-corrected chi connectivity index (χ3v) is 4.11. The summed E-state index contributed by atoms with van der Waals surface area (Å²) >= 11 is 5.11. The molecule has 0 bridgehead atoms. The molecule has 0 spiro atoms. The number of hydrogen-bond donors (Lipinski definition) is 1. The maximum atomic E-state index is 8.67. The molecule has 7 heteroatoms. The summed E-state index contributed by atoms with van der Waals surface area (Å²) in [6.45, 7) is 1.02. The van der Waals surface area contributed by atoms with Crippen LogP contribution >= 0.6 is 27.3 Å². The van der Waals surface area contributed by atoms with Crippen molar-refractivity contribution in [3.63, 3.8) is 0 Å². The largest absolute Gasteiger partial charge is 0.365 e. The second kappa shape index (κ2) is 6.50. The highest BCUT2D eigenvalue weighted by molar-refractivity contribution is 9.10. The lowest BCUT2D eigenvalue weighted by molar-refractivity contribution is 0.975. The standard InChI is InChI=1S/C12H12BrN5S/c1-18(3-2-14)12-5-11(16-8-17-12)15-6-10-4-9(13)7-19-10/h4-5,7-8H,3,6H2,1H3,(H,15,16,17).